The molecule has 0 fully saturated rings. The fraction of sp³-hybridized carbons (Fsp3) is 0.368. The maximum absolute atomic E-state index is 12.1. The number of nitrogens with two attached hydrogens (primary N) is 1. The summed E-state index contributed by atoms with van der Waals surface area (Å²) in [7, 11) is 0. The summed E-state index contributed by atoms with van der Waals surface area (Å²) in [5, 5.41) is 18.1. The van der Waals surface area contributed by atoms with Crippen LogP contribution in [0.15, 0.2) is 22.9 Å². The minimum Gasteiger partial charge on any atom is -0.453 e. The molecule has 0 aliphatic carbocycles. The third-order valence-electron chi connectivity index (χ3n) is 3.82. The van der Waals surface area contributed by atoms with Crippen LogP contribution in [-0.4, -0.2) is 22.9 Å². The fourth-order valence-electron chi connectivity index (χ4n) is 2.49. The summed E-state index contributed by atoms with van der Waals surface area (Å²) < 4.78 is 6.96. The second-order valence-corrected chi connectivity index (χ2v) is 5.82. The maximum atomic E-state index is 12.1. The molecule has 1 rings (SSSR count). The molecule has 136 valence electrons. The number of nitrogens with zero attached hydrogens (tertiary/aromatic N) is 3. The first-order valence-electron chi connectivity index (χ1n) is 8.12. The van der Waals surface area contributed by atoms with Crippen LogP contribution in [0.4, 0.5) is 0 Å². The number of aromatic nitrogens is 1. The largest absolute Gasteiger partial charge is 0.453 e. The number of hydrogen-bond donors (Lipinski definition) is 1. The Morgan fingerprint density at radius 2 is 1.96 bits per heavy atom. The molecule has 1 aromatic rings. The highest BCUT2D eigenvalue weighted by Gasteiger charge is 2.18. The van der Waals surface area contributed by atoms with Crippen molar-refractivity contribution < 1.29 is 14.3 Å². The van der Waals surface area contributed by atoms with Gasteiger partial charge in [0.1, 0.15) is 23.3 Å². The van der Waals surface area contributed by atoms with Gasteiger partial charge in [-0.25, -0.2) is 4.79 Å². The average Bonchev–Trinajstić information content (AvgIpc) is 2.85. The number of ether oxygens (including phenoxy) is 1. The molecule has 0 amide bonds. The van der Waals surface area contributed by atoms with Gasteiger partial charge in [-0.3, -0.25) is 4.79 Å². The van der Waals surface area contributed by atoms with E-state index in [4.69, 9.17) is 15.7 Å². The molecule has 0 saturated carbocycles. The Labute approximate surface area is 153 Å². The summed E-state index contributed by atoms with van der Waals surface area (Å²) in [5.41, 5.74) is 7.71. The molecule has 2 N–H and O–H groups in total. The molecule has 1 heterocycles. The van der Waals surface area contributed by atoms with Crippen molar-refractivity contribution in [3.8, 4) is 12.1 Å². The Morgan fingerprint density at radius 3 is 2.46 bits per heavy atom. The van der Waals surface area contributed by atoms with Crippen LogP contribution in [0.2, 0.25) is 0 Å². The van der Waals surface area contributed by atoms with Crippen LogP contribution in [0.1, 0.15) is 37.2 Å². The monoisotopic (exact) mass is 354 g/mol. The highest BCUT2D eigenvalue weighted by molar-refractivity contribution is 6.03. The van der Waals surface area contributed by atoms with E-state index in [0.29, 0.717) is 0 Å². The zero-order chi connectivity index (χ0) is 19.9. The first kappa shape index (κ1) is 20.7. The molecule has 7 nitrogen and oxygen atoms in total. The molecular weight excluding hydrogens is 332 g/mol. The standard InChI is InChI=1S/C19H22N4O3/c1-5-6-23-12(2)7-15(14(23)4)8-16(9-20)19(25)26-11-18(24)17(10-21)13(3)22/h7-8H,5-6,11,22H2,1-4H3/b16-8+,17-13-. The Morgan fingerprint density at radius 1 is 1.31 bits per heavy atom. The summed E-state index contributed by atoms with van der Waals surface area (Å²) >= 11 is 0. The van der Waals surface area contributed by atoms with Crippen LogP contribution in [0.3, 0.4) is 0 Å². The lowest BCUT2D eigenvalue weighted by Crippen LogP contribution is -2.18. The lowest BCUT2D eigenvalue weighted by Gasteiger charge is -2.07. The van der Waals surface area contributed by atoms with Crippen LogP contribution in [-0.2, 0) is 20.9 Å². The van der Waals surface area contributed by atoms with Gasteiger partial charge in [0.05, 0.1) is 0 Å². The smallest absolute Gasteiger partial charge is 0.349 e. The van der Waals surface area contributed by atoms with E-state index in [1.165, 1.54) is 13.0 Å². The first-order chi connectivity index (χ1) is 12.3. The van der Waals surface area contributed by atoms with Crippen LogP contribution < -0.4 is 5.73 Å². The van der Waals surface area contributed by atoms with Crippen LogP contribution in [0.5, 0.6) is 0 Å². The minimum absolute atomic E-state index is 0.0490. The number of hydrogen-bond acceptors (Lipinski definition) is 6. The van der Waals surface area contributed by atoms with Gasteiger partial charge in [0, 0.05) is 23.6 Å². The molecule has 7 heteroatoms. The number of allylic oxidation sites excluding steroid dienone is 1. The Kier molecular flexibility index (Phi) is 7.36. The quantitative estimate of drug-likeness (QED) is 0.455. The molecule has 0 spiro atoms. The first-order valence-corrected chi connectivity index (χ1v) is 8.12. The van der Waals surface area contributed by atoms with Crippen molar-refractivity contribution in [2.24, 2.45) is 5.73 Å². The number of nitriles is 2. The Hall–Kier alpha value is -3.32. The van der Waals surface area contributed by atoms with E-state index >= 15 is 0 Å². The third kappa shape index (κ3) is 4.84. The average molecular weight is 354 g/mol. The topological polar surface area (TPSA) is 122 Å². The summed E-state index contributed by atoms with van der Waals surface area (Å²) in [6, 6.07) is 5.34. The van der Waals surface area contributed by atoms with Crippen molar-refractivity contribution in [2.45, 2.75) is 40.7 Å². The van der Waals surface area contributed by atoms with Gasteiger partial charge in [-0.15, -0.1) is 0 Å². The van der Waals surface area contributed by atoms with Gasteiger partial charge in [0.25, 0.3) is 0 Å². The number of carbonyl (C=O) groups is 2. The van der Waals surface area contributed by atoms with Gasteiger partial charge in [-0.1, -0.05) is 6.92 Å². The van der Waals surface area contributed by atoms with E-state index in [1.807, 2.05) is 19.9 Å². The van der Waals surface area contributed by atoms with Gasteiger partial charge in [0.15, 0.2) is 6.61 Å². The summed E-state index contributed by atoms with van der Waals surface area (Å²) in [6.45, 7) is 7.53. The lowest BCUT2D eigenvalue weighted by atomic mass is 10.1. The molecule has 0 bridgehead atoms. The van der Waals surface area contributed by atoms with Gasteiger partial charge in [-0.05, 0) is 44.9 Å². The number of carbonyl (C=O) groups excluding carboxylic acids is 2. The lowest BCUT2D eigenvalue weighted by molar-refractivity contribution is -0.142. The number of Topliss-reactive ketones (excluding diaryl/α,β-unsaturated/α-hetero) is 1. The number of rotatable bonds is 7. The zero-order valence-corrected chi connectivity index (χ0v) is 15.4. The number of esters is 1. The van der Waals surface area contributed by atoms with E-state index in [2.05, 4.69) is 11.5 Å². The Bertz CT molecular complexity index is 857. The van der Waals surface area contributed by atoms with Crippen molar-refractivity contribution in [3.63, 3.8) is 0 Å². The predicted octanol–water partition coefficient (Wildman–Crippen LogP) is 2.29. The molecule has 0 aliphatic rings. The number of aryl methyl sites for hydroxylation is 1. The maximum Gasteiger partial charge on any atom is 0.349 e. The van der Waals surface area contributed by atoms with E-state index in [0.717, 1.165) is 29.9 Å². The van der Waals surface area contributed by atoms with Crippen LogP contribution in [0, 0.1) is 36.5 Å². The van der Waals surface area contributed by atoms with Crippen LogP contribution >= 0.6 is 0 Å². The molecule has 0 saturated heterocycles. The van der Waals surface area contributed by atoms with Gasteiger partial charge in [-0.2, -0.15) is 10.5 Å². The molecule has 0 unspecified atom stereocenters. The van der Waals surface area contributed by atoms with Gasteiger partial charge in [0.2, 0.25) is 5.78 Å². The van der Waals surface area contributed by atoms with E-state index in [1.54, 1.807) is 12.1 Å². The Balaban J connectivity index is 2.98. The van der Waals surface area contributed by atoms with Crippen molar-refractivity contribution in [1.82, 2.24) is 4.57 Å². The van der Waals surface area contributed by atoms with Crippen molar-refractivity contribution >= 4 is 17.8 Å². The molecule has 1 aromatic heterocycles. The van der Waals surface area contributed by atoms with Crippen molar-refractivity contribution in [2.75, 3.05) is 6.61 Å². The van der Waals surface area contributed by atoms with Crippen LogP contribution in [0.25, 0.3) is 6.08 Å². The molecule has 0 atom stereocenters. The van der Waals surface area contributed by atoms with E-state index < -0.39 is 18.4 Å². The molecule has 0 aromatic carbocycles. The minimum atomic E-state index is -0.923. The van der Waals surface area contributed by atoms with Crippen molar-refractivity contribution in [1.29, 1.82) is 10.5 Å². The second-order valence-electron chi connectivity index (χ2n) is 5.82. The molecule has 0 aliphatic heterocycles. The summed E-state index contributed by atoms with van der Waals surface area (Å²) in [4.78, 5) is 23.9. The normalized spacial score (nSPS) is 12.0. The summed E-state index contributed by atoms with van der Waals surface area (Å²) in [5.74, 6) is -1.63. The number of ketones is 1. The second kappa shape index (κ2) is 9.24. The molecular formula is C19H22N4O3. The van der Waals surface area contributed by atoms with E-state index in [-0.39, 0.29) is 16.8 Å². The fourth-order valence-corrected chi connectivity index (χ4v) is 2.49. The predicted molar refractivity (Wildman–Crippen MR) is 96.3 cm³/mol. The SMILES string of the molecule is CCCn1c(C)cc(/C=C(\C#N)C(=O)OCC(=O)/C(C#N)=C(/C)N)c1C. The van der Waals surface area contributed by atoms with E-state index in [9.17, 15) is 14.9 Å². The highest BCUT2D eigenvalue weighted by Crippen LogP contribution is 2.19. The van der Waals surface area contributed by atoms with Crippen molar-refractivity contribution in [3.05, 3.63) is 39.9 Å². The molecule has 0 radical (unpaired) electrons. The summed E-state index contributed by atoms with van der Waals surface area (Å²) in [6.07, 6.45) is 2.40. The van der Waals surface area contributed by atoms with Gasteiger partial charge < -0.3 is 15.0 Å². The third-order valence-corrected chi connectivity index (χ3v) is 3.82. The highest BCUT2D eigenvalue weighted by atomic mass is 16.5. The molecule has 26 heavy (non-hydrogen) atoms. The van der Waals surface area contributed by atoms with Gasteiger partial charge >= 0.3 is 5.97 Å². The zero-order valence-electron chi connectivity index (χ0n) is 15.4.